The van der Waals surface area contributed by atoms with Crippen molar-refractivity contribution < 1.29 is 9.59 Å². The topological polar surface area (TPSA) is 71.1 Å². The van der Waals surface area contributed by atoms with Crippen LogP contribution in [0, 0.1) is 0 Å². The van der Waals surface area contributed by atoms with Gasteiger partial charge in [-0.2, -0.15) is 0 Å². The molecular formula is C24H27N3O2S. The second kappa shape index (κ2) is 9.85. The molecule has 1 saturated carbocycles. The van der Waals surface area contributed by atoms with E-state index in [1.807, 2.05) is 48.5 Å². The number of carbonyl (C=O) groups is 2. The zero-order valence-corrected chi connectivity index (χ0v) is 17.8. The largest absolute Gasteiger partial charge is 0.352 e. The predicted molar refractivity (Wildman–Crippen MR) is 120 cm³/mol. The number of nitrogens with one attached hydrogen (secondary N) is 2. The van der Waals surface area contributed by atoms with Gasteiger partial charge in [0.25, 0.3) is 0 Å². The highest BCUT2D eigenvalue weighted by Crippen LogP contribution is 2.23. The zero-order chi connectivity index (χ0) is 20.8. The molecule has 0 saturated heterocycles. The van der Waals surface area contributed by atoms with E-state index in [1.165, 1.54) is 4.70 Å². The van der Waals surface area contributed by atoms with E-state index >= 15 is 0 Å². The Hall–Kier alpha value is -2.73. The molecule has 6 heteroatoms. The number of aromatic nitrogens is 1. The average molecular weight is 422 g/mol. The third-order valence-electron chi connectivity index (χ3n) is 5.24. The molecule has 2 amide bonds. The molecule has 4 rings (SSSR count). The van der Waals surface area contributed by atoms with Crippen LogP contribution in [0.15, 0.2) is 54.6 Å². The third kappa shape index (κ3) is 5.89. The van der Waals surface area contributed by atoms with Crippen LogP contribution in [-0.4, -0.2) is 28.9 Å². The molecule has 1 atom stereocenters. The van der Waals surface area contributed by atoms with E-state index in [0.29, 0.717) is 12.8 Å². The number of fused-ring (bicyclic) bond motifs is 1. The lowest BCUT2D eigenvalue weighted by atomic mass is 10.0. The molecule has 1 fully saturated rings. The molecular weight excluding hydrogens is 394 g/mol. The van der Waals surface area contributed by atoms with Crippen LogP contribution in [0.1, 0.15) is 42.7 Å². The Kier molecular flexibility index (Phi) is 6.74. The van der Waals surface area contributed by atoms with Gasteiger partial charge in [0.2, 0.25) is 11.8 Å². The van der Waals surface area contributed by atoms with Crippen LogP contribution in [0.4, 0.5) is 0 Å². The fourth-order valence-corrected chi connectivity index (χ4v) is 4.45. The van der Waals surface area contributed by atoms with Gasteiger partial charge in [0.05, 0.1) is 15.2 Å². The normalized spacial score (nSPS) is 14.4. The van der Waals surface area contributed by atoms with E-state index in [2.05, 4.69) is 21.7 Å². The number of unbranched alkanes of at least 4 members (excludes halogenated alkanes) is 1. The van der Waals surface area contributed by atoms with Crippen molar-refractivity contribution in [1.82, 2.24) is 15.6 Å². The molecule has 1 aromatic heterocycles. The van der Waals surface area contributed by atoms with Crippen molar-refractivity contribution in [2.24, 2.45) is 0 Å². The van der Waals surface area contributed by atoms with E-state index < -0.39 is 6.04 Å². The summed E-state index contributed by atoms with van der Waals surface area (Å²) in [6.45, 7) is 0. The highest BCUT2D eigenvalue weighted by molar-refractivity contribution is 7.18. The van der Waals surface area contributed by atoms with Crippen LogP contribution in [0.2, 0.25) is 0 Å². The van der Waals surface area contributed by atoms with E-state index in [4.69, 9.17) is 0 Å². The summed E-state index contributed by atoms with van der Waals surface area (Å²) in [6, 6.07) is 17.7. The van der Waals surface area contributed by atoms with Crippen molar-refractivity contribution in [3.8, 4) is 0 Å². The van der Waals surface area contributed by atoms with E-state index in [9.17, 15) is 9.59 Å². The Morgan fingerprint density at radius 2 is 1.80 bits per heavy atom. The fourth-order valence-electron chi connectivity index (χ4n) is 3.44. The van der Waals surface area contributed by atoms with E-state index in [0.717, 1.165) is 48.2 Å². The molecule has 0 radical (unpaired) electrons. The number of amides is 2. The van der Waals surface area contributed by atoms with Crippen LogP contribution in [0.5, 0.6) is 0 Å². The Bertz CT molecular complexity index is 965. The maximum Gasteiger partial charge on any atom is 0.243 e. The van der Waals surface area contributed by atoms with Gasteiger partial charge in [-0.05, 0) is 49.8 Å². The van der Waals surface area contributed by atoms with Crippen LogP contribution in [0.25, 0.3) is 10.2 Å². The number of thiazole rings is 1. The van der Waals surface area contributed by atoms with Gasteiger partial charge < -0.3 is 10.6 Å². The van der Waals surface area contributed by atoms with Crippen LogP contribution >= 0.6 is 11.3 Å². The monoisotopic (exact) mass is 421 g/mol. The highest BCUT2D eigenvalue weighted by atomic mass is 32.1. The minimum absolute atomic E-state index is 0.0637. The van der Waals surface area contributed by atoms with Crippen molar-refractivity contribution in [2.75, 3.05) is 0 Å². The first kappa shape index (κ1) is 20.5. The van der Waals surface area contributed by atoms with Crippen molar-refractivity contribution in [1.29, 1.82) is 0 Å². The zero-order valence-electron chi connectivity index (χ0n) is 17.0. The quantitative estimate of drug-likeness (QED) is 0.486. The van der Waals surface area contributed by atoms with Crippen molar-refractivity contribution in [2.45, 2.75) is 57.0 Å². The fraction of sp³-hybridized carbons (Fsp3) is 0.375. The van der Waals surface area contributed by atoms with Crippen molar-refractivity contribution in [3.63, 3.8) is 0 Å². The van der Waals surface area contributed by atoms with Gasteiger partial charge in [0, 0.05) is 18.9 Å². The van der Waals surface area contributed by atoms with Crippen molar-refractivity contribution >= 4 is 33.4 Å². The van der Waals surface area contributed by atoms with E-state index in [1.54, 1.807) is 11.3 Å². The van der Waals surface area contributed by atoms with Gasteiger partial charge in [-0.1, -0.05) is 42.5 Å². The second-order valence-electron chi connectivity index (χ2n) is 7.88. The molecule has 0 aliphatic heterocycles. The standard InChI is InChI=1S/C24H27N3O2S/c28-22(12-6-7-13-23-27-19-10-4-5-11-21(19)30-23)26-20(24(29)25-18-14-15-18)16-17-8-2-1-3-9-17/h1-5,8-11,18,20H,6-7,12-16H2,(H,25,29)(H,26,28). The Balaban J connectivity index is 1.25. The molecule has 3 aromatic rings. The number of rotatable bonds is 10. The second-order valence-corrected chi connectivity index (χ2v) is 8.99. The Labute approximate surface area is 180 Å². The molecule has 1 heterocycles. The highest BCUT2D eigenvalue weighted by Gasteiger charge is 2.28. The molecule has 30 heavy (non-hydrogen) atoms. The number of nitrogens with zero attached hydrogens (tertiary/aromatic N) is 1. The minimum atomic E-state index is -0.523. The first-order chi connectivity index (χ1) is 14.7. The summed E-state index contributed by atoms with van der Waals surface area (Å²) < 4.78 is 1.20. The molecule has 0 bridgehead atoms. The van der Waals surface area contributed by atoms with Crippen LogP contribution < -0.4 is 10.6 Å². The number of para-hydroxylation sites is 1. The molecule has 2 N–H and O–H groups in total. The molecule has 2 aromatic carbocycles. The SMILES string of the molecule is O=C(CCCCc1nc2ccccc2s1)NC(Cc1ccccc1)C(=O)NC1CC1. The summed E-state index contributed by atoms with van der Waals surface area (Å²) in [5.74, 6) is -0.143. The van der Waals surface area contributed by atoms with Gasteiger partial charge in [0.1, 0.15) is 6.04 Å². The minimum Gasteiger partial charge on any atom is -0.352 e. The van der Waals surface area contributed by atoms with E-state index in [-0.39, 0.29) is 17.9 Å². The lowest BCUT2D eigenvalue weighted by Crippen LogP contribution is -2.48. The number of hydrogen-bond acceptors (Lipinski definition) is 4. The van der Waals surface area contributed by atoms with Crippen LogP contribution in [0.3, 0.4) is 0 Å². The van der Waals surface area contributed by atoms with Gasteiger partial charge in [-0.25, -0.2) is 4.98 Å². The van der Waals surface area contributed by atoms with Gasteiger partial charge >= 0.3 is 0 Å². The summed E-state index contributed by atoms with van der Waals surface area (Å²) >= 11 is 1.72. The molecule has 156 valence electrons. The maximum absolute atomic E-state index is 12.6. The average Bonchev–Trinajstić information content (AvgIpc) is 3.47. The maximum atomic E-state index is 12.6. The lowest BCUT2D eigenvalue weighted by molar-refractivity contribution is -0.129. The van der Waals surface area contributed by atoms with Crippen molar-refractivity contribution in [3.05, 3.63) is 65.2 Å². The smallest absolute Gasteiger partial charge is 0.243 e. The molecule has 1 aliphatic rings. The van der Waals surface area contributed by atoms with Gasteiger partial charge in [-0.3, -0.25) is 9.59 Å². The lowest BCUT2D eigenvalue weighted by Gasteiger charge is -2.18. The predicted octanol–water partition coefficient (Wildman–Crippen LogP) is 4.02. The summed E-state index contributed by atoms with van der Waals surface area (Å²) in [7, 11) is 0. The molecule has 0 spiro atoms. The number of carbonyl (C=O) groups excluding carboxylic acids is 2. The van der Waals surface area contributed by atoms with Gasteiger partial charge in [-0.15, -0.1) is 11.3 Å². The molecule has 1 aliphatic carbocycles. The molecule has 5 nitrogen and oxygen atoms in total. The summed E-state index contributed by atoms with van der Waals surface area (Å²) in [4.78, 5) is 29.7. The third-order valence-corrected chi connectivity index (χ3v) is 6.34. The molecule has 1 unspecified atom stereocenters. The Morgan fingerprint density at radius 3 is 2.57 bits per heavy atom. The first-order valence-electron chi connectivity index (χ1n) is 10.7. The summed E-state index contributed by atoms with van der Waals surface area (Å²) in [6.07, 6.45) is 5.56. The number of hydrogen-bond donors (Lipinski definition) is 2. The number of benzene rings is 2. The first-order valence-corrected chi connectivity index (χ1v) is 11.5. The number of aryl methyl sites for hydroxylation is 1. The Morgan fingerprint density at radius 1 is 1.03 bits per heavy atom. The summed E-state index contributed by atoms with van der Waals surface area (Å²) in [5.41, 5.74) is 2.09. The van der Waals surface area contributed by atoms with Gasteiger partial charge in [0.15, 0.2) is 0 Å². The summed E-state index contributed by atoms with van der Waals surface area (Å²) in [5, 5.41) is 7.09. The van der Waals surface area contributed by atoms with Crippen LogP contribution in [-0.2, 0) is 22.4 Å².